The highest BCUT2D eigenvalue weighted by molar-refractivity contribution is 5.94. The molecule has 4 atom stereocenters. The highest BCUT2D eigenvalue weighted by Crippen LogP contribution is 2.33. The Morgan fingerprint density at radius 1 is 1.15 bits per heavy atom. The minimum Gasteiger partial charge on any atom is -0.386 e. The van der Waals surface area contributed by atoms with Gasteiger partial charge in [-0.25, -0.2) is 15.0 Å². The van der Waals surface area contributed by atoms with Crippen molar-refractivity contribution in [2.45, 2.75) is 77.0 Å². The van der Waals surface area contributed by atoms with E-state index in [2.05, 4.69) is 25.6 Å². The van der Waals surface area contributed by atoms with Gasteiger partial charge in [0.2, 0.25) is 0 Å². The van der Waals surface area contributed by atoms with Gasteiger partial charge in [0.25, 0.3) is 5.91 Å². The molecule has 9 nitrogen and oxygen atoms in total. The zero-order valence-electron chi connectivity index (χ0n) is 19.2. The van der Waals surface area contributed by atoms with Crippen LogP contribution in [0, 0.1) is 13.8 Å². The Morgan fingerprint density at radius 3 is 2.70 bits per heavy atom. The number of fused-ring (bicyclic) bond motifs is 1. The SMILES string of the molecule is Cc1ccc(C(=O)N[C@@H]2[C@@H](O)[C@H](n3cnc4c(NC5CCCC5)ncnc43)O[C@@H]2C)cc1C. The highest BCUT2D eigenvalue weighted by atomic mass is 16.5. The van der Waals surface area contributed by atoms with E-state index in [1.165, 1.54) is 19.2 Å². The second-order valence-electron chi connectivity index (χ2n) is 9.19. The van der Waals surface area contributed by atoms with E-state index >= 15 is 0 Å². The van der Waals surface area contributed by atoms with Gasteiger partial charge in [-0.3, -0.25) is 9.36 Å². The van der Waals surface area contributed by atoms with Crippen molar-refractivity contribution in [3.63, 3.8) is 0 Å². The van der Waals surface area contributed by atoms with Gasteiger partial charge in [-0.1, -0.05) is 18.9 Å². The lowest BCUT2D eigenvalue weighted by Gasteiger charge is -2.20. The van der Waals surface area contributed by atoms with Gasteiger partial charge in [-0.2, -0.15) is 0 Å². The first-order valence-corrected chi connectivity index (χ1v) is 11.6. The molecule has 3 heterocycles. The minimum absolute atomic E-state index is 0.237. The Kier molecular flexibility index (Phi) is 5.76. The molecule has 1 saturated heterocycles. The summed E-state index contributed by atoms with van der Waals surface area (Å²) in [5.41, 5.74) is 3.96. The molecule has 1 aliphatic carbocycles. The summed E-state index contributed by atoms with van der Waals surface area (Å²) in [6.07, 6.45) is 5.72. The predicted molar refractivity (Wildman–Crippen MR) is 124 cm³/mol. The summed E-state index contributed by atoms with van der Waals surface area (Å²) in [5.74, 6) is 0.463. The quantitative estimate of drug-likeness (QED) is 0.548. The summed E-state index contributed by atoms with van der Waals surface area (Å²) in [6, 6.07) is 5.40. The van der Waals surface area contributed by atoms with Crippen molar-refractivity contribution in [3.05, 3.63) is 47.5 Å². The molecule has 2 aromatic heterocycles. The Morgan fingerprint density at radius 2 is 1.94 bits per heavy atom. The summed E-state index contributed by atoms with van der Waals surface area (Å²) >= 11 is 0. The smallest absolute Gasteiger partial charge is 0.251 e. The fourth-order valence-corrected chi connectivity index (χ4v) is 4.80. The number of rotatable bonds is 5. The van der Waals surface area contributed by atoms with Gasteiger partial charge >= 0.3 is 0 Å². The number of nitrogens with one attached hydrogen (secondary N) is 2. The number of hydrogen-bond donors (Lipinski definition) is 3. The zero-order chi connectivity index (χ0) is 23.1. The number of ether oxygens (including phenoxy) is 1. The summed E-state index contributed by atoms with van der Waals surface area (Å²) in [5, 5.41) is 17.5. The molecule has 1 amide bonds. The standard InChI is InChI=1S/C24H30N6O3/c1-13-8-9-16(10-14(13)2)23(32)29-18-15(3)33-24(20(18)31)30-12-27-19-21(25-11-26-22(19)30)28-17-6-4-5-7-17/h8-12,15,17-18,20,24,31H,4-7H2,1-3H3,(H,29,32)(H,25,26,28)/t15-,18+,20-,24-/m1/s1. The summed E-state index contributed by atoms with van der Waals surface area (Å²) in [6.45, 7) is 5.82. The molecule has 2 fully saturated rings. The van der Waals surface area contributed by atoms with Crippen LogP contribution in [0.2, 0.25) is 0 Å². The molecule has 1 aliphatic heterocycles. The number of carbonyl (C=O) groups excluding carboxylic acids is 1. The van der Waals surface area contributed by atoms with Gasteiger partial charge < -0.3 is 20.5 Å². The number of amides is 1. The minimum atomic E-state index is -0.964. The van der Waals surface area contributed by atoms with Crippen molar-refractivity contribution in [2.75, 3.05) is 5.32 Å². The maximum absolute atomic E-state index is 12.8. The van der Waals surface area contributed by atoms with E-state index in [1.807, 2.05) is 32.9 Å². The largest absolute Gasteiger partial charge is 0.386 e. The normalized spacial score (nSPS) is 25.6. The van der Waals surface area contributed by atoms with Crippen LogP contribution in [0.25, 0.3) is 11.2 Å². The average molecular weight is 451 g/mol. The van der Waals surface area contributed by atoms with E-state index in [0.29, 0.717) is 28.6 Å². The second-order valence-corrected chi connectivity index (χ2v) is 9.19. The van der Waals surface area contributed by atoms with E-state index in [4.69, 9.17) is 4.74 Å². The van der Waals surface area contributed by atoms with Gasteiger partial charge in [0.15, 0.2) is 23.2 Å². The molecule has 1 saturated carbocycles. The van der Waals surface area contributed by atoms with Crippen LogP contribution < -0.4 is 10.6 Å². The topological polar surface area (TPSA) is 114 Å². The van der Waals surface area contributed by atoms with Crippen LogP contribution in [0.3, 0.4) is 0 Å². The van der Waals surface area contributed by atoms with Crippen LogP contribution in [0.1, 0.15) is 60.3 Å². The summed E-state index contributed by atoms with van der Waals surface area (Å²) in [7, 11) is 0. The third kappa shape index (κ3) is 4.06. The molecule has 1 aromatic carbocycles. The van der Waals surface area contributed by atoms with Crippen LogP contribution >= 0.6 is 0 Å². The van der Waals surface area contributed by atoms with E-state index < -0.39 is 24.5 Å². The fraction of sp³-hybridized carbons (Fsp3) is 0.500. The summed E-state index contributed by atoms with van der Waals surface area (Å²) in [4.78, 5) is 26.1. The molecule has 3 aromatic rings. The molecule has 33 heavy (non-hydrogen) atoms. The fourth-order valence-electron chi connectivity index (χ4n) is 4.80. The maximum atomic E-state index is 12.8. The molecule has 9 heteroatoms. The van der Waals surface area contributed by atoms with E-state index in [-0.39, 0.29) is 5.91 Å². The van der Waals surface area contributed by atoms with Crippen molar-refractivity contribution in [1.29, 1.82) is 0 Å². The monoisotopic (exact) mass is 450 g/mol. The molecule has 174 valence electrons. The molecule has 3 N–H and O–H groups in total. The van der Waals surface area contributed by atoms with Crippen LogP contribution in [0.5, 0.6) is 0 Å². The maximum Gasteiger partial charge on any atom is 0.251 e. The first kappa shape index (κ1) is 21.8. The highest BCUT2D eigenvalue weighted by Gasteiger charge is 2.44. The molecule has 5 rings (SSSR count). The number of aromatic nitrogens is 4. The Balaban J connectivity index is 1.36. The molecule has 2 aliphatic rings. The third-order valence-electron chi connectivity index (χ3n) is 6.92. The first-order chi connectivity index (χ1) is 15.9. The molecular formula is C24H30N6O3. The molecule has 0 spiro atoms. The summed E-state index contributed by atoms with van der Waals surface area (Å²) < 4.78 is 7.79. The van der Waals surface area contributed by atoms with Crippen molar-refractivity contribution in [2.24, 2.45) is 0 Å². The van der Waals surface area contributed by atoms with Crippen LogP contribution in [0.4, 0.5) is 5.82 Å². The third-order valence-corrected chi connectivity index (χ3v) is 6.92. The van der Waals surface area contributed by atoms with Crippen LogP contribution in [-0.2, 0) is 4.74 Å². The number of benzene rings is 1. The lowest BCUT2D eigenvalue weighted by atomic mass is 10.0. The number of aryl methyl sites for hydroxylation is 2. The Hall–Kier alpha value is -3.04. The number of aliphatic hydroxyl groups is 1. The Labute approximate surface area is 192 Å². The van der Waals surface area contributed by atoms with Gasteiger partial charge in [-0.15, -0.1) is 0 Å². The lowest BCUT2D eigenvalue weighted by Crippen LogP contribution is -2.46. The van der Waals surface area contributed by atoms with Gasteiger partial charge in [0.1, 0.15) is 12.4 Å². The predicted octanol–water partition coefficient (Wildman–Crippen LogP) is 2.87. The van der Waals surface area contributed by atoms with Gasteiger partial charge in [0, 0.05) is 11.6 Å². The van der Waals surface area contributed by atoms with Crippen molar-refractivity contribution < 1.29 is 14.6 Å². The number of imidazole rings is 1. The second kappa shape index (κ2) is 8.72. The Bertz CT molecular complexity index is 1170. The zero-order valence-corrected chi connectivity index (χ0v) is 19.2. The van der Waals surface area contributed by atoms with Crippen molar-refractivity contribution >= 4 is 22.9 Å². The number of hydrogen-bond acceptors (Lipinski definition) is 7. The van der Waals surface area contributed by atoms with E-state index in [9.17, 15) is 9.90 Å². The number of aliphatic hydroxyl groups excluding tert-OH is 1. The molecule has 0 unspecified atom stereocenters. The van der Waals surface area contributed by atoms with E-state index in [1.54, 1.807) is 17.0 Å². The number of carbonyl (C=O) groups is 1. The van der Waals surface area contributed by atoms with Crippen LogP contribution in [0.15, 0.2) is 30.9 Å². The number of nitrogens with zero attached hydrogens (tertiary/aromatic N) is 4. The van der Waals surface area contributed by atoms with E-state index in [0.717, 1.165) is 24.0 Å². The lowest BCUT2D eigenvalue weighted by molar-refractivity contribution is -0.0297. The molecule has 0 radical (unpaired) electrons. The first-order valence-electron chi connectivity index (χ1n) is 11.6. The van der Waals surface area contributed by atoms with Crippen molar-refractivity contribution in [1.82, 2.24) is 24.8 Å². The number of anilines is 1. The van der Waals surface area contributed by atoms with Crippen molar-refractivity contribution in [3.8, 4) is 0 Å². The average Bonchev–Trinajstić information content (AvgIpc) is 3.52. The molecular weight excluding hydrogens is 420 g/mol. The molecule has 0 bridgehead atoms. The van der Waals surface area contributed by atoms with Gasteiger partial charge in [-0.05, 0) is 56.9 Å². The van der Waals surface area contributed by atoms with Crippen LogP contribution in [-0.4, -0.2) is 54.8 Å². The van der Waals surface area contributed by atoms with Gasteiger partial charge in [0.05, 0.1) is 18.5 Å².